The van der Waals surface area contributed by atoms with Gasteiger partial charge in [0, 0.05) is 13.1 Å². The molecule has 1 unspecified atom stereocenters. The highest BCUT2D eigenvalue weighted by atomic mass is 32.2. The van der Waals surface area contributed by atoms with Gasteiger partial charge in [0.15, 0.2) is 0 Å². The third-order valence-electron chi connectivity index (χ3n) is 4.66. The van der Waals surface area contributed by atoms with Crippen molar-refractivity contribution < 1.29 is 27.8 Å². The normalized spacial score (nSPS) is 18.3. The fraction of sp³-hybridized carbons (Fsp3) is 0.316. The summed E-state index contributed by atoms with van der Waals surface area (Å²) in [6.07, 6.45) is 1.14. The summed E-state index contributed by atoms with van der Waals surface area (Å²) in [6, 6.07) is 9.36. The molecular weight excluding hydrogens is 373 g/mol. The van der Waals surface area contributed by atoms with Crippen molar-refractivity contribution in [3.05, 3.63) is 59.4 Å². The van der Waals surface area contributed by atoms with E-state index in [4.69, 9.17) is 5.11 Å². The highest BCUT2D eigenvalue weighted by Gasteiger charge is 2.31. The van der Waals surface area contributed by atoms with Gasteiger partial charge in [-0.3, -0.25) is 4.79 Å². The maximum absolute atomic E-state index is 13.1. The topological polar surface area (TPSA) is 94.9 Å². The number of aliphatic carboxylic acids is 1. The van der Waals surface area contributed by atoms with Gasteiger partial charge in [0.2, 0.25) is 10.0 Å². The first-order chi connectivity index (χ1) is 12.8. The van der Waals surface area contributed by atoms with Crippen LogP contribution in [0.2, 0.25) is 0 Å². The van der Waals surface area contributed by atoms with E-state index < -0.39 is 21.8 Å². The van der Waals surface area contributed by atoms with Crippen molar-refractivity contribution >= 4 is 16.0 Å². The fourth-order valence-electron chi connectivity index (χ4n) is 3.40. The smallest absolute Gasteiger partial charge is 0.307 e. The van der Waals surface area contributed by atoms with Gasteiger partial charge >= 0.3 is 5.97 Å². The molecule has 1 saturated heterocycles. The molecule has 0 aliphatic carbocycles. The van der Waals surface area contributed by atoms with Gasteiger partial charge in [-0.1, -0.05) is 6.07 Å². The summed E-state index contributed by atoms with van der Waals surface area (Å²) in [7, 11) is -3.75. The highest BCUT2D eigenvalue weighted by molar-refractivity contribution is 7.89. The fourth-order valence-corrected chi connectivity index (χ4v) is 4.92. The quantitative estimate of drug-likeness (QED) is 0.815. The molecule has 0 amide bonds. The molecule has 3 rings (SSSR count). The first kappa shape index (κ1) is 19.3. The van der Waals surface area contributed by atoms with Crippen molar-refractivity contribution in [2.24, 2.45) is 0 Å². The molecule has 0 saturated carbocycles. The standard InChI is InChI=1S/C19H20FNO5S/c20-16-3-5-18(6-4-16)27(25,26)21-7-1-2-14(12-21)15-8-13(10-19(23)24)9-17(22)11-15/h3-6,8-9,11,14,22H,1-2,7,10,12H2,(H,23,24). The summed E-state index contributed by atoms with van der Waals surface area (Å²) in [6.45, 7) is 0.576. The Bertz CT molecular complexity index is 943. The summed E-state index contributed by atoms with van der Waals surface area (Å²) in [4.78, 5) is 11.0. The van der Waals surface area contributed by atoms with Crippen LogP contribution in [0.15, 0.2) is 47.4 Å². The number of sulfonamides is 1. The Balaban J connectivity index is 1.85. The van der Waals surface area contributed by atoms with Crippen LogP contribution in [0, 0.1) is 5.82 Å². The lowest BCUT2D eigenvalue weighted by molar-refractivity contribution is -0.136. The van der Waals surface area contributed by atoms with Crippen molar-refractivity contribution in [2.45, 2.75) is 30.1 Å². The number of phenols is 1. The predicted molar refractivity (Wildman–Crippen MR) is 96.6 cm³/mol. The number of rotatable bonds is 5. The van der Waals surface area contributed by atoms with Crippen molar-refractivity contribution in [1.82, 2.24) is 4.31 Å². The Morgan fingerprint density at radius 2 is 1.89 bits per heavy atom. The molecule has 144 valence electrons. The molecule has 2 aromatic carbocycles. The summed E-state index contributed by atoms with van der Waals surface area (Å²) in [5, 5.41) is 18.9. The first-order valence-corrected chi connectivity index (χ1v) is 10.00. The summed E-state index contributed by atoms with van der Waals surface area (Å²) in [5.41, 5.74) is 1.18. The second-order valence-corrected chi connectivity index (χ2v) is 8.60. The molecule has 27 heavy (non-hydrogen) atoms. The zero-order valence-electron chi connectivity index (χ0n) is 14.5. The molecule has 6 nitrogen and oxygen atoms in total. The number of piperidine rings is 1. The van der Waals surface area contributed by atoms with E-state index in [9.17, 15) is 22.7 Å². The molecule has 1 aliphatic rings. The monoisotopic (exact) mass is 393 g/mol. The Morgan fingerprint density at radius 3 is 2.56 bits per heavy atom. The van der Waals surface area contributed by atoms with Crippen LogP contribution in [0.3, 0.4) is 0 Å². The molecule has 1 fully saturated rings. The molecule has 1 aliphatic heterocycles. The summed E-state index contributed by atoms with van der Waals surface area (Å²) in [5.74, 6) is -1.71. The average molecular weight is 393 g/mol. The Morgan fingerprint density at radius 1 is 1.19 bits per heavy atom. The number of benzene rings is 2. The van der Waals surface area contributed by atoms with Crippen LogP contribution in [0.4, 0.5) is 4.39 Å². The minimum atomic E-state index is -3.75. The lowest BCUT2D eigenvalue weighted by Gasteiger charge is -2.32. The van der Waals surface area contributed by atoms with E-state index in [1.165, 1.54) is 22.5 Å². The van der Waals surface area contributed by atoms with Crippen LogP contribution < -0.4 is 0 Å². The van der Waals surface area contributed by atoms with E-state index in [1.807, 2.05) is 0 Å². The van der Waals surface area contributed by atoms with Crippen molar-refractivity contribution in [3.63, 3.8) is 0 Å². The number of carboxylic acids is 1. The molecule has 0 aromatic heterocycles. The number of nitrogens with zero attached hydrogens (tertiary/aromatic N) is 1. The van der Waals surface area contributed by atoms with Gasteiger partial charge in [-0.25, -0.2) is 12.8 Å². The Hall–Kier alpha value is -2.45. The molecular formula is C19H20FNO5S. The van der Waals surface area contributed by atoms with E-state index in [0.29, 0.717) is 24.1 Å². The lowest BCUT2D eigenvalue weighted by atomic mass is 9.90. The van der Waals surface area contributed by atoms with E-state index in [-0.39, 0.29) is 29.5 Å². The van der Waals surface area contributed by atoms with Crippen LogP contribution >= 0.6 is 0 Å². The number of phenolic OH excluding ortho intramolecular Hbond substituents is 1. The number of aromatic hydroxyl groups is 1. The van der Waals surface area contributed by atoms with Gasteiger partial charge in [0.1, 0.15) is 11.6 Å². The van der Waals surface area contributed by atoms with Gasteiger partial charge in [-0.05, 0) is 66.3 Å². The van der Waals surface area contributed by atoms with Crippen LogP contribution in [0.1, 0.15) is 29.9 Å². The zero-order chi connectivity index (χ0) is 19.6. The van der Waals surface area contributed by atoms with E-state index in [0.717, 1.165) is 18.6 Å². The number of hydrogen-bond acceptors (Lipinski definition) is 4. The summed E-state index contributed by atoms with van der Waals surface area (Å²) >= 11 is 0. The minimum absolute atomic E-state index is 0.0343. The Kier molecular flexibility index (Phi) is 5.48. The van der Waals surface area contributed by atoms with Gasteiger partial charge in [-0.2, -0.15) is 4.31 Å². The maximum Gasteiger partial charge on any atom is 0.307 e. The van der Waals surface area contributed by atoms with Crippen LogP contribution in [0.5, 0.6) is 5.75 Å². The third kappa shape index (κ3) is 4.45. The largest absolute Gasteiger partial charge is 0.508 e. The second kappa shape index (κ2) is 7.66. The number of carboxylic acid groups (broad SMARTS) is 1. The van der Waals surface area contributed by atoms with Crippen LogP contribution in [-0.4, -0.2) is 42.0 Å². The lowest BCUT2D eigenvalue weighted by Crippen LogP contribution is -2.39. The molecule has 0 spiro atoms. The van der Waals surface area contributed by atoms with Gasteiger partial charge < -0.3 is 10.2 Å². The van der Waals surface area contributed by atoms with Crippen molar-refractivity contribution in [1.29, 1.82) is 0 Å². The van der Waals surface area contributed by atoms with Gasteiger partial charge in [-0.15, -0.1) is 0 Å². The van der Waals surface area contributed by atoms with Crippen LogP contribution in [-0.2, 0) is 21.2 Å². The molecule has 2 N–H and O–H groups in total. The van der Waals surface area contributed by atoms with Crippen molar-refractivity contribution in [2.75, 3.05) is 13.1 Å². The predicted octanol–water partition coefficient (Wildman–Crippen LogP) is 2.73. The SMILES string of the molecule is O=C(O)Cc1cc(O)cc(C2CCCN(S(=O)(=O)c3ccc(F)cc3)C2)c1. The molecule has 1 atom stereocenters. The number of carbonyl (C=O) groups is 1. The molecule has 2 aromatic rings. The maximum atomic E-state index is 13.1. The van der Waals surface area contributed by atoms with Crippen molar-refractivity contribution in [3.8, 4) is 5.75 Å². The summed E-state index contributed by atoms with van der Waals surface area (Å²) < 4.78 is 40.1. The molecule has 0 radical (unpaired) electrons. The third-order valence-corrected chi connectivity index (χ3v) is 6.54. The first-order valence-electron chi connectivity index (χ1n) is 8.56. The van der Waals surface area contributed by atoms with Crippen LogP contribution in [0.25, 0.3) is 0 Å². The minimum Gasteiger partial charge on any atom is -0.508 e. The highest BCUT2D eigenvalue weighted by Crippen LogP contribution is 2.32. The second-order valence-electron chi connectivity index (χ2n) is 6.66. The molecule has 1 heterocycles. The number of halogens is 1. The average Bonchev–Trinajstić information content (AvgIpc) is 2.61. The Labute approximate surface area is 156 Å². The van der Waals surface area contributed by atoms with E-state index >= 15 is 0 Å². The van der Waals surface area contributed by atoms with Gasteiger partial charge in [0.25, 0.3) is 0 Å². The molecule has 8 heteroatoms. The molecule has 0 bridgehead atoms. The van der Waals surface area contributed by atoms with E-state index in [2.05, 4.69) is 0 Å². The van der Waals surface area contributed by atoms with E-state index in [1.54, 1.807) is 12.1 Å². The van der Waals surface area contributed by atoms with Gasteiger partial charge in [0.05, 0.1) is 11.3 Å². The number of hydrogen-bond donors (Lipinski definition) is 2. The zero-order valence-corrected chi connectivity index (χ0v) is 15.3.